The molecule has 3 N–H and O–H groups in total. The second-order valence-corrected chi connectivity index (χ2v) is 6.13. The molecule has 1 aromatic heterocycles. The van der Waals surface area contributed by atoms with Crippen molar-refractivity contribution in [3.05, 3.63) is 17.5 Å². The summed E-state index contributed by atoms with van der Waals surface area (Å²) in [5.74, 6) is 0.0297. The molecule has 1 amide bonds. The number of aliphatic hydroxyl groups excluding tert-OH is 1. The highest BCUT2D eigenvalue weighted by molar-refractivity contribution is 5.92. The highest BCUT2D eigenvalue weighted by atomic mass is 16.5. The summed E-state index contributed by atoms with van der Waals surface area (Å²) in [6.45, 7) is 10.2. The number of carbonyl (C=O) groups is 1. The molecule has 0 aromatic carbocycles. The molecule has 0 aliphatic carbocycles. The van der Waals surface area contributed by atoms with Crippen LogP contribution in [0.5, 0.6) is 0 Å². The molecule has 132 valence electrons. The second kappa shape index (κ2) is 9.67. The topological polar surface area (TPSA) is 87.4 Å². The van der Waals surface area contributed by atoms with Crippen molar-refractivity contribution in [2.45, 2.75) is 66.0 Å². The van der Waals surface area contributed by atoms with Crippen LogP contribution in [0.25, 0.3) is 0 Å². The minimum absolute atomic E-state index is 0.00689. The highest BCUT2D eigenvalue weighted by Gasteiger charge is 2.34. The molecule has 1 heterocycles. The van der Waals surface area contributed by atoms with Gasteiger partial charge >= 0.3 is 0 Å². The van der Waals surface area contributed by atoms with Crippen molar-refractivity contribution in [3.63, 3.8) is 0 Å². The lowest BCUT2D eigenvalue weighted by atomic mass is 9.76. The second-order valence-electron chi connectivity index (χ2n) is 6.13. The third-order valence-corrected chi connectivity index (χ3v) is 4.81. The summed E-state index contributed by atoms with van der Waals surface area (Å²) in [7, 11) is 0. The molecule has 0 radical (unpaired) electrons. The van der Waals surface area contributed by atoms with Crippen molar-refractivity contribution >= 4 is 5.91 Å². The number of hydrogen-bond donors (Lipinski definition) is 3. The molecule has 0 bridgehead atoms. The molecule has 0 fully saturated rings. The molecule has 0 aliphatic heterocycles. The number of nitrogens with one attached hydrogen (secondary N) is 2. The number of nitrogens with zero attached hydrogens (tertiary/aromatic N) is 1. The third kappa shape index (κ3) is 5.32. The van der Waals surface area contributed by atoms with Crippen LogP contribution >= 0.6 is 0 Å². The summed E-state index contributed by atoms with van der Waals surface area (Å²) in [5.41, 5.74) is 0.216. The first kappa shape index (κ1) is 19.6. The average Bonchev–Trinajstić information content (AvgIpc) is 3.04. The van der Waals surface area contributed by atoms with Gasteiger partial charge in [-0.25, -0.2) is 0 Å². The molecular weight excluding hydrogens is 294 g/mol. The molecule has 1 unspecified atom stereocenters. The maximum absolute atomic E-state index is 12.3. The van der Waals surface area contributed by atoms with Gasteiger partial charge in [-0.05, 0) is 32.7 Å². The van der Waals surface area contributed by atoms with E-state index in [2.05, 4.69) is 36.6 Å². The summed E-state index contributed by atoms with van der Waals surface area (Å²) in [4.78, 5) is 12.3. The van der Waals surface area contributed by atoms with E-state index in [1.807, 2.05) is 6.92 Å². The molecule has 1 aromatic rings. The maximum atomic E-state index is 12.3. The van der Waals surface area contributed by atoms with Gasteiger partial charge in [0.1, 0.15) is 6.61 Å². The molecule has 0 saturated heterocycles. The van der Waals surface area contributed by atoms with Crippen molar-refractivity contribution in [2.24, 2.45) is 5.41 Å². The lowest BCUT2D eigenvalue weighted by molar-refractivity contribution is 0.0863. The smallest absolute Gasteiger partial charge is 0.273 e. The van der Waals surface area contributed by atoms with Gasteiger partial charge in [-0.3, -0.25) is 4.79 Å². The summed E-state index contributed by atoms with van der Waals surface area (Å²) >= 11 is 0. The normalized spacial score (nSPS) is 13.1. The maximum Gasteiger partial charge on any atom is 0.273 e. The largest absolute Gasteiger partial charge is 0.388 e. The lowest BCUT2D eigenvalue weighted by Gasteiger charge is -2.38. The standard InChI is InChI=1S/C17H31N3O3/c1-5-8-9-18-12-17(6-2,7-3)13(4)19-16(22)15-10-14(11-21)23-20-15/h10,13,18,21H,5-9,11-12H2,1-4H3,(H,19,22). The molecular formula is C17H31N3O3. The molecule has 0 spiro atoms. The van der Waals surface area contributed by atoms with Gasteiger partial charge < -0.3 is 20.3 Å². The van der Waals surface area contributed by atoms with Gasteiger partial charge in [-0.15, -0.1) is 0 Å². The van der Waals surface area contributed by atoms with Crippen LogP contribution in [-0.2, 0) is 6.61 Å². The van der Waals surface area contributed by atoms with E-state index >= 15 is 0 Å². The Balaban J connectivity index is 2.68. The fraction of sp³-hybridized carbons (Fsp3) is 0.765. The minimum atomic E-state index is -0.263. The van der Waals surface area contributed by atoms with Crippen LogP contribution in [0, 0.1) is 5.41 Å². The van der Waals surface area contributed by atoms with Crippen molar-refractivity contribution in [1.29, 1.82) is 0 Å². The average molecular weight is 325 g/mol. The molecule has 0 saturated carbocycles. The van der Waals surface area contributed by atoms with Crippen LogP contribution in [0.1, 0.15) is 69.6 Å². The first-order valence-electron chi connectivity index (χ1n) is 8.61. The van der Waals surface area contributed by atoms with Crippen LogP contribution < -0.4 is 10.6 Å². The van der Waals surface area contributed by atoms with Crippen LogP contribution in [0.3, 0.4) is 0 Å². The van der Waals surface area contributed by atoms with E-state index < -0.39 is 0 Å². The molecule has 1 rings (SSSR count). The minimum Gasteiger partial charge on any atom is -0.388 e. The van der Waals surface area contributed by atoms with Gasteiger partial charge in [-0.1, -0.05) is 32.3 Å². The summed E-state index contributed by atoms with van der Waals surface area (Å²) in [6.07, 6.45) is 4.28. The number of hydrogen-bond acceptors (Lipinski definition) is 5. The van der Waals surface area contributed by atoms with Gasteiger partial charge in [0.15, 0.2) is 11.5 Å². The summed E-state index contributed by atoms with van der Waals surface area (Å²) in [6, 6.07) is 1.48. The van der Waals surface area contributed by atoms with E-state index in [1.165, 1.54) is 12.5 Å². The van der Waals surface area contributed by atoms with E-state index in [0.29, 0.717) is 5.76 Å². The van der Waals surface area contributed by atoms with Gasteiger partial charge in [0.2, 0.25) is 0 Å². The Morgan fingerprint density at radius 1 is 1.39 bits per heavy atom. The van der Waals surface area contributed by atoms with Gasteiger partial charge in [0.05, 0.1) is 0 Å². The summed E-state index contributed by atoms with van der Waals surface area (Å²) < 4.78 is 4.87. The Morgan fingerprint density at radius 3 is 2.61 bits per heavy atom. The predicted molar refractivity (Wildman–Crippen MR) is 90.1 cm³/mol. The zero-order valence-corrected chi connectivity index (χ0v) is 14.8. The molecule has 6 heteroatoms. The SMILES string of the molecule is CCCCNCC(CC)(CC)C(C)NC(=O)c1cc(CO)on1. The molecule has 0 aliphatic rings. The lowest BCUT2D eigenvalue weighted by Crippen LogP contribution is -2.50. The number of rotatable bonds is 11. The number of amides is 1. The fourth-order valence-electron chi connectivity index (χ4n) is 2.82. The van der Waals surface area contributed by atoms with Gasteiger partial charge in [0, 0.05) is 24.1 Å². The Bertz CT molecular complexity index is 469. The van der Waals surface area contributed by atoms with E-state index in [9.17, 15) is 4.79 Å². The van der Waals surface area contributed by atoms with Gasteiger partial charge in [0.25, 0.3) is 5.91 Å². The van der Waals surface area contributed by atoms with E-state index in [0.717, 1.165) is 32.4 Å². The Kier molecular flexibility index (Phi) is 8.26. The highest BCUT2D eigenvalue weighted by Crippen LogP contribution is 2.30. The predicted octanol–water partition coefficient (Wildman–Crippen LogP) is 2.48. The van der Waals surface area contributed by atoms with Crippen molar-refractivity contribution in [2.75, 3.05) is 13.1 Å². The van der Waals surface area contributed by atoms with E-state index in [-0.39, 0.29) is 29.7 Å². The van der Waals surface area contributed by atoms with Crippen LogP contribution in [-0.4, -0.2) is 35.3 Å². The zero-order chi connectivity index (χ0) is 17.3. The van der Waals surface area contributed by atoms with Crippen molar-refractivity contribution in [3.8, 4) is 0 Å². The number of aliphatic hydroxyl groups is 1. The van der Waals surface area contributed by atoms with Crippen LogP contribution in [0.4, 0.5) is 0 Å². The van der Waals surface area contributed by atoms with Crippen molar-refractivity contribution in [1.82, 2.24) is 15.8 Å². The van der Waals surface area contributed by atoms with Gasteiger partial charge in [-0.2, -0.15) is 0 Å². The Hall–Kier alpha value is -1.40. The first-order valence-corrected chi connectivity index (χ1v) is 8.61. The van der Waals surface area contributed by atoms with E-state index in [1.54, 1.807) is 0 Å². The number of unbranched alkanes of at least 4 members (excludes halogenated alkanes) is 1. The number of carbonyl (C=O) groups excluding carboxylic acids is 1. The quantitative estimate of drug-likeness (QED) is 0.544. The monoisotopic (exact) mass is 325 g/mol. The molecule has 1 atom stereocenters. The molecule has 6 nitrogen and oxygen atoms in total. The molecule has 23 heavy (non-hydrogen) atoms. The Labute approximate surface area is 139 Å². The Morgan fingerprint density at radius 2 is 2.09 bits per heavy atom. The van der Waals surface area contributed by atoms with E-state index in [4.69, 9.17) is 9.63 Å². The number of aromatic nitrogens is 1. The third-order valence-electron chi connectivity index (χ3n) is 4.81. The fourth-order valence-corrected chi connectivity index (χ4v) is 2.82. The van der Waals surface area contributed by atoms with Crippen LogP contribution in [0.15, 0.2) is 10.6 Å². The zero-order valence-electron chi connectivity index (χ0n) is 14.8. The van der Waals surface area contributed by atoms with Crippen LogP contribution in [0.2, 0.25) is 0 Å². The summed E-state index contributed by atoms with van der Waals surface area (Å²) in [5, 5.41) is 19.2. The first-order chi connectivity index (χ1) is 11.0. The van der Waals surface area contributed by atoms with Crippen molar-refractivity contribution < 1.29 is 14.4 Å².